The number of hydrogen-bond acceptors (Lipinski definition) is 2. The molecule has 0 amide bonds. The third-order valence-corrected chi connectivity index (χ3v) is 5.69. The van der Waals surface area contributed by atoms with E-state index in [0.717, 1.165) is 37.8 Å². The summed E-state index contributed by atoms with van der Waals surface area (Å²) >= 11 is 0. The van der Waals surface area contributed by atoms with Crippen LogP contribution < -0.4 is 4.74 Å². The minimum Gasteiger partial charge on any atom is -0.426 e. The highest BCUT2D eigenvalue weighted by atomic mass is 19.4. The van der Waals surface area contributed by atoms with Crippen LogP contribution in [-0.4, -0.2) is 12.1 Å². The van der Waals surface area contributed by atoms with E-state index in [4.69, 9.17) is 4.74 Å². The first-order chi connectivity index (χ1) is 13.6. The third-order valence-electron chi connectivity index (χ3n) is 5.69. The molecule has 0 aromatic heterocycles. The van der Waals surface area contributed by atoms with Gasteiger partial charge in [-0.05, 0) is 55.9 Å². The Kier molecular flexibility index (Phi) is 8.46. The van der Waals surface area contributed by atoms with E-state index >= 15 is 0 Å². The number of ether oxygens (including phenoxy) is 1. The van der Waals surface area contributed by atoms with Crippen LogP contribution in [0.15, 0.2) is 24.3 Å². The number of unbranched alkanes of at least 4 members (excludes halogenated alkanes) is 4. The minimum atomic E-state index is -5.67. The maximum absolute atomic E-state index is 13.3. The van der Waals surface area contributed by atoms with Crippen molar-refractivity contribution < 1.29 is 31.5 Å². The molecule has 7 heteroatoms. The fraction of sp³-hybridized carbons (Fsp3) is 0.682. The molecule has 2 rings (SSSR count). The van der Waals surface area contributed by atoms with E-state index in [1.54, 1.807) is 0 Å². The first-order valence-electron chi connectivity index (χ1n) is 10.4. The van der Waals surface area contributed by atoms with Gasteiger partial charge < -0.3 is 4.74 Å². The normalized spacial score (nSPS) is 20.5. The summed E-state index contributed by atoms with van der Waals surface area (Å²) < 4.78 is 69.0. The van der Waals surface area contributed by atoms with Crippen LogP contribution in [0.3, 0.4) is 0 Å². The second kappa shape index (κ2) is 10.4. The lowest BCUT2D eigenvalue weighted by Crippen LogP contribution is -2.33. The number of halogens is 5. The van der Waals surface area contributed by atoms with Gasteiger partial charge in [-0.2, -0.15) is 22.0 Å². The zero-order chi connectivity index (χ0) is 21.5. The van der Waals surface area contributed by atoms with E-state index in [-0.39, 0.29) is 11.7 Å². The molecule has 0 spiro atoms. The lowest BCUT2D eigenvalue weighted by molar-refractivity contribution is -0.289. The van der Waals surface area contributed by atoms with E-state index < -0.39 is 23.6 Å². The molecule has 0 unspecified atom stereocenters. The largest absolute Gasteiger partial charge is 0.458 e. The molecule has 0 bridgehead atoms. The monoisotopic (exact) mass is 420 g/mol. The Morgan fingerprint density at radius 3 is 2.07 bits per heavy atom. The smallest absolute Gasteiger partial charge is 0.426 e. The van der Waals surface area contributed by atoms with Crippen molar-refractivity contribution in [3.63, 3.8) is 0 Å². The summed E-state index contributed by atoms with van der Waals surface area (Å²) in [6.07, 6.45) is 5.12. The van der Waals surface area contributed by atoms with E-state index in [1.165, 1.54) is 38.5 Å². The van der Waals surface area contributed by atoms with Crippen molar-refractivity contribution in [2.24, 2.45) is 11.8 Å². The molecular formula is C22H29F5O2. The second-order valence-electron chi connectivity index (χ2n) is 7.94. The van der Waals surface area contributed by atoms with Gasteiger partial charge in [0.1, 0.15) is 5.75 Å². The van der Waals surface area contributed by atoms with Crippen molar-refractivity contribution in [1.29, 1.82) is 0 Å². The van der Waals surface area contributed by atoms with Crippen LogP contribution in [0.2, 0.25) is 0 Å². The Morgan fingerprint density at radius 2 is 1.52 bits per heavy atom. The van der Waals surface area contributed by atoms with Crippen LogP contribution in [0.5, 0.6) is 5.75 Å². The Bertz CT molecular complexity index is 632. The van der Waals surface area contributed by atoms with Crippen molar-refractivity contribution in [3.05, 3.63) is 29.8 Å². The summed E-state index contributed by atoms with van der Waals surface area (Å²) in [6.45, 7) is 2.19. The summed E-state index contributed by atoms with van der Waals surface area (Å²) in [6, 6.07) is 3.25. The summed E-state index contributed by atoms with van der Waals surface area (Å²) in [4.78, 5) is 12.3. The first kappa shape index (κ1) is 23.6. The molecule has 2 nitrogen and oxygen atoms in total. The van der Waals surface area contributed by atoms with Gasteiger partial charge in [0.05, 0.1) is 5.92 Å². The maximum atomic E-state index is 13.3. The predicted octanol–water partition coefficient (Wildman–Crippen LogP) is 7.41. The third kappa shape index (κ3) is 6.68. The van der Waals surface area contributed by atoms with Gasteiger partial charge in [0.25, 0.3) is 0 Å². The molecule has 0 radical (unpaired) electrons. The Hall–Kier alpha value is -1.66. The van der Waals surface area contributed by atoms with Crippen LogP contribution in [0.4, 0.5) is 22.0 Å². The second-order valence-corrected chi connectivity index (χ2v) is 7.94. The number of carbonyl (C=O) groups is 1. The number of benzene rings is 1. The molecule has 1 aromatic carbocycles. The lowest BCUT2D eigenvalue weighted by Gasteiger charge is -2.27. The Labute approximate surface area is 168 Å². The zero-order valence-electron chi connectivity index (χ0n) is 16.7. The van der Waals surface area contributed by atoms with Gasteiger partial charge in [-0.1, -0.05) is 45.4 Å². The SMILES string of the molecule is CCCCCCCC1CCC(C(=O)Oc2ccc(C(F)(F)C(F)(F)F)cc2)CC1. The number of rotatable bonds is 9. The molecule has 1 saturated carbocycles. The molecule has 0 aliphatic heterocycles. The summed E-state index contributed by atoms with van der Waals surface area (Å²) in [5, 5.41) is 0. The summed E-state index contributed by atoms with van der Waals surface area (Å²) in [7, 11) is 0. The number of hydrogen-bond donors (Lipinski definition) is 0. The van der Waals surface area contributed by atoms with Crippen LogP contribution in [0, 0.1) is 11.8 Å². The lowest BCUT2D eigenvalue weighted by atomic mass is 9.80. The number of esters is 1. The molecular weight excluding hydrogens is 391 g/mol. The molecule has 0 heterocycles. The van der Waals surface area contributed by atoms with Gasteiger partial charge in [0, 0.05) is 5.56 Å². The summed E-state index contributed by atoms with van der Waals surface area (Å²) in [5.41, 5.74) is -1.18. The molecule has 1 aliphatic rings. The van der Waals surface area contributed by atoms with Crippen molar-refractivity contribution in [2.75, 3.05) is 0 Å². The van der Waals surface area contributed by atoms with E-state index in [0.29, 0.717) is 18.1 Å². The molecule has 164 valence electrons. The van der Waals surface area contributed by atoms with Gasteiger partial charge >= 0.3 is 18.1 Å². The van der Waals surface area contributed by atoms with E-state index in [9.17, 15) is 26.7 Å². The van der Waals surface area contributed by atoms with Gasteiger partial charge in [-0.15, -0.1) is 0 Å². The standard InChI is InChI=1S/C22H29F5O2/c1-2-3-4-5-6-7-16-8-10-17(11-9-16)20(28)29-19-14-12-18(13-15-19)21(23,24)22(25,26)27/h12-17H,2-11H2,1H3. The first-order valence-corrected chi connectivity index (χ1v) is 10.4. The van der Waals surface area contributed by atoms with Crippen LogP contribution in [-0.2, 0) is 10.7 Å². The van der Waals surface area contributed by atoms with Gasteiger partial charge in [0.2, 0.25) is 0 Å². The van der Waals surface area contributed by atoms with Gasteiger partial charge in [-0.3, -0.25) is 4.79 Å². The van der Waals surface area contributed by atoms with Crippen LogP contribution in [0.25, 0.3) is 0 Å². The molecule has 1 aromatic rings. The van der Waals surface area contributed by atoms with Crippen molar-refractivity contribution >= 4 is 5.97 Å². The number of alkyl halides is 5. The van der Waals surface area contributed by atoms with Crippen LogP contribution in [0.1, 0.15) is 76.7 Å². The molecule has 29 heavy (non-hydrogen) atoms. The Balaban J connectivity index is 1.78. The molecule has 1 fully saturated rings. The molecule has 0 atom stereocenters. The van der Waals surface area contributed by atoms with Crippen molar-refractivity contribution in [3.8, 4) is 5.75 Å². The van der Waals surface area contributed by atoms with Crippen molar-refractivity contribution in [1.82, 2.24) is 0 Å². The summed E-state index contributed by atoms with van der Waals surface area (Å²) in [5.74, 6) is -5.02. The fourth-order valence-corrected chi connectivity index (χ4v) is 3.82. The highest BCUT2D eigenvalue weighted by Crippen LogP contribution is 2.44. The molecule has 1 aliphatic carbocycles. The molecule has 0 saturated heterocycles. The van der Waals surface area contributed by atoms with E-state index in [2.05, 4.69) is 6.92 Å². The Morgan fingerprint density at radius 1 is 0.931 bits per heavy atom. The maximum Gasteiger partial charge on any atom is 0.458 e. The van der Waals surface area contributed by atoms with Crippen molar-refractivity contribution in [2.45, 2.75) is 83.2 Å². The van der Waals surface area contributed by atoms with Crippen LogP contribution >= 0.6 is 0 Å². The average Bonchev–Trinajstić information content (AvgIpc) is 2.68. The van der Waals surface area contributed by atoms with Gasteiger partial charge in [0.15, 0.2) is 0 Å². The predicted molar refractivity (Wildman–Crippen MR) is 101 cm³/mol. The molecule has 0 N–H and O–H groups in total. The quantitative estimate of drug-likeness (QED) is 0.180. The van der Waals surface area contributed by atoms with E-state index in [1.807, 2.05) is 0 Å². The average molecular weight is 420 g/mol. The minimum absolute atomic E-state index is 0.0187. The number of carbonyl (C=O) groups excluding carboxylic acids is 1. The highest BCUT2D eigenvalue weighted by Gasteiger charge is 2.58. The topological polar surface area (TPSA) is 26.3 Å². The van der Waals surface area contributed by atoms with Gasteiger partial charge in [-0.25, -0.2) is 0 Å². The highest BCUT2D eigenvalue weighted by molar-refractivity contribution is 5.75. The fourth-order valence-electron chi connectivity index (χ4n) is 3.82. The zero-order valence-corrected chi connectivity index (χ0v) is 16.7.